The molecule has 0 bridgehead atoms. The van der Waals surface area contributed by atoms with E-state index >= 15 is 0 Å². The summed E-state index contributed by atoms with van der Waals surface area (Å²) in [5.41, 5.74) is 0.636. The summed E-state index contributed by atoms with van der Waals surface area (Å²) in [5, 5.41) is 19.5. The lowest BCUT2D eigenvalue weighted by atomic mass is 9.88. The Morgan fingerprint density at radius 1 is 1.47 bits per heavy atom. The van der Waals surface area contributed by atoms with Gasteiger partial charge in [0, 0.05) is 5.56 Å². The number of nitrogens with zero attached hydrogens (tertiary/aromatic N) is 1. The van der Waals surface area contributed by atoms with E-state index in [-0.39, 0.29) is 0 Å². The van der Waals surface area contributed by atoms with Crippen molar-refractivity contribution in [3.8, 4) is 6.07 Å². The van der Waals surface area contributed by atoms with Crippen LogP contribution in [0.4, 0.5) is 0 Å². The molecule has 2 rings (SSSR count). The fourth-order valence-electron chi connectivity index (χ4n) is 2.50. The van der Waals surface area contributed by atoms with Crippen molar-refractivity contribution < 1.29 is 5.11 Å². The number of hydrogen-bond acceptors (Lipinski definition) is 2. The summed E-state index contributed by atoms with van der Waals surface area (Å²) >= 11 is 0. The van der Waals surface area contributed by atoms with Gasteiger partial charge in [-0.25, -0.2) is 0 Å². The Bertz CT molecular complexity index is 407. The molecule has 0 saturated heterocycles. The van der Waals surface area contributed by atoms with Gasteiger partial charge in [0.15, 0.2) is 0 Å². The Labute approximate surface area is 90.2 Å². The van der Waals surface area contributed by atoms with Crippen molar-refractivity contribution in [2.45, 2.75) is 31.8 Å². The number of hydrogen-bond donors (Lipinski definition) is 1. The Balaban J connectivity index is 2.41. The first-order valence-electron chi connectivity index (χ1n) is 5.38. The Hall–Kier alpha value is -1.33. The number of benzene rings is 1. The zero-order chi connectivity index (χ0) is 10.9. The van der Waals surface area contributed by atoms with E-state index in [0.29, 0.717) is 11.5 Å². The molecule has 1 aliphatic rings. The minimum atomic E-state index is -0.772. The van der Waals surface area contributed by atoms with Gasteiger partial charge >= 0.3 is 0 Å². The second kappa shape index (κ2) is 3.67. The van der Waals surface area contributed by atoms with Crippen molar-refractivity contribution in [1.29, 1.82) is 5.26 Å². The molecule has 78 valence electrons. The quantitative estimate of drug-likeness (QED) is 0.758. The van der Waals surface area contributed by atoms with Crippen molar-refractivity contribution in [3.63, 3.8) is 0 Å². The van der Waals surface area contributed by atoms with Crippen LogP contribution in [0.2, 0.25) is 0 Å². The summed E-state index contributed by atoms with van der Waals surface area (Å²) in [6.45, 7) is 2.15. The number of nitriles is 1. The normalized spacial score (nSPS) is 30.1. The molecule has 15 heavy (non-hydrogen) atoms. The Morgan fingerprint density at radius 2 is 2.20 bits per heavy atom. The van der Waals surface area contributed by atoms with Gasteiger partial charge in [-0.3, -0.25) is 0 Å². The van der Waals surface area contributed by atoms with Crippen LogP contribution in [0.5, 0.6) is 0 Å². The van der Waals surface area contributed by atoms with Crippen molar-refractivity contribution in [1.82, 2.24) is 0 Å². The highest BCUT2D eigenvalue weighted by molar-refractivity contribution is 5.41. The minimum absolute atomic E-state index is 0.543. The summed E-state index contributed by atoms with van der Waals surface area (Å²) in [7, 11) is 0. The predicted molar refractivity (Wildman–Crippen MR) is 58.1 cm³/mol. The molecule has 1 aromatic carbocycles. The third kappa shape index (κ3) is 1.75. The van der Waals surface area contributed by atoms with Crippen LogP contribution < -0.4 is 0 Å². The highest BCUT2D eigenvalue weighted by Gasteiger charge is 2.38. The van der Waals surface area contributed by atoms with E-state index in [1.807, 2.05) is 18.2 Å². The molecular weight excluding hydrogens is 186 g/mol. The predicted octanol–water partition coefficient (Wildman–Crippen LogP) is 2.57. The molecule has 0 aliphatic heterocycles. The summed E-state index contributed by atoms with van der Waals surface area (Å²) in [6, 6.07) is 9.52. The number of rotatable bonds is 1. The molecular formula is C13H15NO. The van der Waals surface area contributed by atoms with E-state index in [1.54, 1.807) is 6.07 Å². The SMILES string of the molecule is C[C@H]1CC[C@@](O)(c2ccccc2C#N)C1. The number of aliphatic hydroxyl groups is 1. The zero-order valence-corrected chi connectivity index (χ0v) is 8.90. The van der Waals surface area contributed by atoms with Crippen molar-refractivity contribution in [3.05, 3.63) is 35.4 Å². The van der Waals surface area contributed by atoms with Gasteiger partial charge in [0.25, 0.3) is 0 Å². The highest BCUT2D eigenvalue weighted by Crippen LogP contribution is 2.42. The van der Waals surface area contributed by atoms with E-state index in [9.17, 15) is 5.11 Å². The van der Waals surface area contributed by atoms with E-state index in [1.165, 1.54) is 0 Å². The largest absolute Gasteiger partial charge is 0.385 e. The first-order valence-corrected chi connectivity index (χ1v) is 5.38. The van der Waals surface area contributed by atoms with Gasteiger partial charge in [-0.2, -0.15) is 5.26 Å². The molecule has 1 aromatic rings. The maximum absolute atomic E-state index is 10.5. The fraction of sp³-hybridized carbons (Fsp3) is 0.462. The van der Waals surface area contributed by atoms with Gasteiger partial charge in [0.05, 0.1) is 17.2 Å². The average molecular weight is 201 g/mol. The summed E-state index contributed by atoms with van der Waals surface area (Å²) in [5.74, 6) is 0.543. The smallest absolute Gasteiger partial charge is 0.0995 e. The van der Waals surface area contributed by atoms with Crippen LogP contribution in [0.25, 0.3) is 0 Å². The maximum Gasteiger partial charge on any atom is 0.0995 e. The van der Waals surface area contributed by atoms with Gasteiger partial charge in [-0.05, 0) is 31.2 Å². The van der Waals surface area contributed by atoms with Crippen LogP contribution in [0.3, 0.4) is 0 Å². The molecule has 0 amide bonds. The van der Waals surface area contributed by atoms with Crippen LogP contribution in [0.1, 0.15) is 37.3 Å². The molecule has 0 heterocycles. The van der Waals surface area contributed by atoms with Crippen LogP contribution >= 0.6 is 0 Å². The maximum atomic E-state index is 10.5. The second-order valence-electron chi connectivity index (χ2n) is 4.54. The standard InChI is InChI=1S/C13H15NO/c1-10-6-7-13(15,8-10)12-5-3-2-4-11(12)9-14/h2-5,10,15H,6-8H2,1H3/t10-,13-/m0/s1. The van der Waals surface area contributed by atoms with Crippen LogP contribution in [-0.4, -0.2) is 5.11 Å². The monoisotopic (exact) mass is 201 g/mol. The molecule has 2 nitrogen and oxygen atoms in total. The van der Waals surface area contributed by atoms with Gasteiger partial charge in [0.2, 0.25) is 0 Å². The van der Waals surface area contributed by atoms with Gasteiger partial charge in [0.1, 0.15) is 0 Å². The zero-order valence-electron chi connectivity index (χ0n) is 8.90. The lowest BCUT2D eigenvalue weighted by Crippen LogP contribution is -2.22. The van der Waals surface area contributed by atoms with E-state index in [2.05, 4.69) is 13.0 Å². The third-order valence-electron chi connectivity index (χ3n) is 3.29. The molecule has 2 atom stereocenters. The molecule has 1 saturated carbocycles. The minimum Gasteiger partial charge on any atom is -0.385 e. The first-order chi connectivity index (χ1) is 7.15. The molecule has 1 aliphatic carbocycles. The van der Waals surface area contributed by atoms with E-state index in [4.69, 9.17) is 5.26 Å². The lowest BCUT2D eigenvalue weighted by molar-refractivity contribution is 0.0405. The second-order valence-corrected chi connectivity index (χ2v) is 4.54. The van der Waals surface area contributed by atoms with Gasteiger partial charge < -0.3 is 5.11 Å². The van der Waals surface area contributed by atoms with Crippen molar-refractivity contribution in [2.75, 3.05) is 0 Å². The molecule has 0 aromatic heterocycles. The average Bonchev–Trinajstić information content (AvgIpc) is 2.60. The van der Waals surface area contributed by atoms with Crippen molar-refractivity contribution in [2.24, 2.45) is 5.92 Å². The van der Waals surface area contributed by atoms with Crippen LogP contribution in [0.15, 0.2) is 24.3 Å². The lowest BCUT2D eigenvalue weighted by Gasteiger charge is -2.24. The topological polar surface area (TPSA) is 44.0 Å². The fourth-order valence-corrected chi connectivity index (χ4v) is 2.50. The molecule has 2 heteroatoms. The summed E-state index contributed by atoms with van der Waals surface area (Å²) in [6.07, 6.45) is 2.58. The highest BCUT2D eigenvalue weighted by atomic mass is 16.3. The Morgan fingerprint density at radius 3 is 2.80 bits per heavy atom. The molecule has 1 fully saturated rings. The van der Waals surface area contributed by atoms with Gasteiger partial charge in [-0.1, -0.05) is 25.1 Å². The van der Waals surface area contributed by atoms with E-state index < -0.39 is 5.60 Å². The molecule has 0 spiro atoms. The molecule has 0 radical (unpaired) electrons. The first kappa shape index (κ1) is 10.2. The Kier molecular flexibility index (Phi) is 2.50. The molecule has 1 N–H and O–H groups in total. The van der Waals surface area contributed by atoms with Crippen molar-refractivity contribution >= 4 is 0 Å². The summed E-state index contributed by atoms with van der Waals surface area (Å²) in [4.78, 5) is 0. The van der Waals surface area contributed by atoms with E-state index in [0.717, 1.165) is 24.8 Å². The van der Waals surface area contributed by atoms with Crippen LogP contribution in [-0.2, 0) is 5.60 Å². The van der Waals surface area contributed by atoms with Crippen LogP contribution in [0, 0.1) is 17.2 Å². The third-order valence-corrected chi connectivity index (χ3v) is 3.29. The van der Waals surface area contributed by atoms with Gasteiger partial charge in [-0.15, -0.1) is 0 Å². The molecule has 0 unspecified atom stereocenters. The summed E-state index contributed by atoms with van der Waals surface area (Å²) < 4.78 is 0.